The maximum absolute atomic E-state index is 12.4. The first-order chi connectivity index (χ1) is 12.0. The second kappa shape index (κ2) is 5.42. The highest BCUT2D eigenvalue weighted by atomic mass is 16.6. The summed E-state index contributed by atoms with van der Waals surface area (Å²) in [6.45, 7) is 1.65. The first-order valence-corrected chi connectivity index (χ1v) is 7.43. The summed E-state index contributed by atoms with van der Waals surface area (Å²) in [5.41, 5.74) is 2.42. The average Bonchev–Trinajstić information content (AvgIpc) is 3.18. The van der Waals surface area contributed by atoms with Crippen LogP contribution in [0.5, 0.6) is 0 Å². The summed E-state index contributed by atoms with van der Waals surface area (Å²) in [5.74, 6) is -2.16. The first kappa shape index (κ1) is 15.3. The largest absolute Gasteiger partial charge is 0.466 e. The highest BCUT2D eigenvalue weighted by Gasteiger charge is 2.46. The van der Waals surface area contributed by atoms with Crippen molar-refractivity contribution in [3.05, 3.63) is 46.3 Å². The zero-order valence-corrected chi connectivity index (χ0v) is 13.3. The molecule has 4 rings (SSSR count). The summed E-state index contributed by atoms with van der Waals surface area (Å²) < 4.78 is 14.6. The molecule has 1 aromatic heterocycles. The number of methoxy groups -OCH3 is 1. The molecule has 2 aliphatic heterocycles. The standard InChI is InChI=1S/C16H13N3O6/c1-6-9(14(20)23-2)10(11-13(17-6)16(22)24-15(11)21)7-4-3-5-8-12(7)19-25-18-8/h3-5,10,16-17,22H,1-2H3. The van der Waals surface area contributed by atoms with Crippen molar-refractivity contribution in [1.29, 1.82) is 0 Å². The second-order valence-electron chi connectivity index (χ2n) is 5.65. The molecule has 3 heterocycles. The topological polar surface area (TPSA) is 124 Å². The van der Waals surface area contributed by atoms with Crippen LogP contribution < -0.4 is 5.32 Å². The summed E-state index contributed by atoms with van der Waals surface area (Å²) in [5, 5.41) is 20.5. The van der Waals surface area contributed by atoms with E-state index in [1.165, 1.54) is 7.11 Å². The van der Waals surface area contributed by atoms with Crippen LogP contribution in [0.2, 0.25) is 0 Å². The summed E-state index contributed by atoms with van der Waals surface area (Å²) in [7, 11) is 1.25. The van der Waals surface area contributed by atoms with Gasteiger partial charge in [0, 0.05) is 5.70 Å². The number of carbonyl (C=O) groups is 2. The van der Waals surface area contributed by atoms with Crippen LogP contribution in [0.25, 0.3) is 11.0 Å². The van der Waals surface area contributed by atoms with Crippen LogP contribution >= 0.6 is 0 Å². The quantitative estimate of drug-likeness (QED) is 0.749. The minimum Gasteiger partial charge on any atom is -0.466 e. The third kappa shape index (κ3) is 2.13. The van der Waals surface area contributed by atoms with Crippen molar-refractivity contribution in [2.45, 2.75) is 19.1 Å². The Balaban J connectivity index is 2.00. The molecule has 128 valence electrons. The molecule has 1 aromatic carbocycles. The van der Waals surface area contributed by atoms with Gasteiger partial charge in [0.15, 0.2) is 0 Å². The molecule has 25 heavy (non-hydrogen) atoms. The number of dihydropyridines is 1. The van der Waals surface area contributed by atoms with Crippen molar-refractivity contribution in [1.82, 2.24) is 15.6 Å². The van der Waals surface area contributed by atoms with E-state index in [2.05, 4.69) is 15.6 Å². The zero-order chi connectivity index (χ0) is 17.7. The number of aliphatic hydroxyl groups is 1. The minimum absolute atomic E-state index is 0.133. The van der Waals surface area contributed by atoms with Crippen molar-refractivity contribution in [3.8, 4) is 0 Å². The third-order valence-electron chi connectivity index (χ3n) is 4.31. The van der Waals surface area contributed by atoms with Gasteiger partial charge in [-0.3, -0.25) is 0 Å². The van der Waals surface area contributed by atoms with Gasteiger partial charge in [0.25, 0.3) is 0 Å². The predicted octanol–water partition coefficient (Wildman–Crippen LogP) is 0.486. The number of aromatic nitrogens is 2. The monoisotopic (exact) mass is 343 g/mol. The molecule has 0 saturated carbocycles. The number of nitrogens with one attached hydrogen (secondary N) is 1. The van der Waals surface area contributed by atoms with Gasteiger partial charge in [-0.25, -0.2) is 14.2 Å². The van der Waals surface area contributed by atoms with E-state index in [-0.39, 0.29) is 16.8 Å². The Morgan fingerprint density at radius 3 is 2.92 bits per heavy atom. The summed E-state index contributed by atoms with van der Waals surface area (Å²) >= 11 is 0. The maximum atomic E-state index is 12.4. The van der Waals surface area contributed by atoms with Crippen LogP contribution in [-0.2, 0) is 19.1 Å². The molecule has 0 saturated heterocycles. The van der Waals surface area contributed by atoms with Crippen molar-refractivity contribution >= 4 is 23.0 Å². The van der Waals surface area contributed by atoms with Gasteiger partial charge in [-0.15, -0.1) is 0 Å². The van der Waals surface area contributed by atoms with Gasteiger partial charge < -0.3 is 19.9 Å². The lowest BCUT2D eigenvalue weighted by Crippen LogP contribution is -2.31. The predicted molar refractivity (Wildman–Crippen MR) is 81.5 cm³/mol. The first-order valence-electron chi connectivity index (χ1n) is 7.43. The SMILES string of the molecule is COC(=O)C1=C(C)NC2=C(C(=O)OC2O)C1c1cccc2nonc12. The van der Waals surface area contributed by atoms with E-state index >= 15 is 0 Å². The summed E-state index contributed by atoms with van der Waals surface area (Å²) in [6.07, 6.45) is -1.42. The van der Waals surface area contributed by atoms with E-state index in [1.54, 1.807) is 25.1 Å². The number of fused-ring (bicyclic) bond motifs is 1. The highest BCUT2D eigenvalue weighted by molar-refractivity contribution is 6.02. The molecular weight excluding hydrogens is 330 g/mol. The molecule has 0 fully saturated rings. The van der Waals surface area contributed by atoms with Crippen molar-refractivity contribution < 1.29 is 28.8 Å². The molecule has 2 aliphatic rings. The molecule has 2 N–H and O–H groups in total. The van der Waals surface area contributed by atoms with Gasteiger partial charge in [0.2, 0.25) is 6.29 Å². The third-order valence-corrected chi connectivity index (χ3v) is 4.31. The molecular formula is C16H13N3O6. The van der Waals surface area contributed by atoms with Crippen LogP contribution in [0.4, 0.5) is 0 Å². The van der Waals surface area contributed by atoms with E-state index in [9.17, 15) is 14.7 Å². The maximum Gasteiger partial charge on any atom is 0.339 e. The number of aliphatic hydroxyl groups excluding tert-OH is 1. The fourth-order valence-corrected chi connectivity index (χ4v) is 3.25. The van der Waals surface area contributed by atoms with Crippen LogP contribution in [-0.4, -0.2) is 40.8 Å². The minimum atomic E-state index is -1.42. The lowest BCUT2D eigenvalue weighted by atomic mass is 9.80. The molecule has 0 amide bonds. The lowest BCUT2D eigenvalue weighted by molar-refractivity contribution is -0.152. The zero-order valence-electron chi connectivity index (χ0n) is 13.3. The Morgan fingerprint density at radius 1 is 1.36 bits per heavy atom. The number of ether oxygens (including phenoxy) is 2. The summed E-state index contributed by atoms with van der Waals surface area (Å²) in [4.78, 5) is 24.7. The Labute approximate surface area is 140 Å². The van der Waals surface area contributed by atoms with E-state index < -0.39 is 24.1 Å². The molecule has 0 aliphatic carbocycles. The highest BCUT2D eigenvalue weighted by Crippen LogP contribution is 2.44. The Kier molecular flexibility index (Phi) is 3.32. The normalized spacial score (nSPS) is 22.8. The Morgan fingerprint density at radius 2 is 2.16 bits per heavy atom. The fourth-order valence-electron chi connectivity index (χ4n) is 3.25. The van der Waals surface area contributed by atoms with Gasteiger partial charge in [-0.1, -0.05) is 12.1 Å². The van der Waals surface area contributed by atoms with E-state index in [0.29, 0.717) is 22.3 Å². The number of allylic oxidation sites excluding steroid dienone is 1. The fraction of sp³-hybridized carbons (Fsp3) is 0.250. The van der Waals surface area contributed by atoms with Crippen molar-refractivity contribution in [2.75, 3.05) is 7.11 Å². The van der Waals surface area contributed by atoms with Gasteiger partial charge in [0.1, 0.15) is 11.0 Å². The number of hydrogen-bond acceptors (Lipinski definition) is 9. The number of benzene rings is 1. The molecule has 2 unspecified atom stereocenters. The van der Waals surface area contributed by atoms with Crippen molar-refractivity contribution in [2.24, 2.45) is 0 Å². The molecule has 9 heteroatoms. The van der Waals surface area contributed by atoms with Gasteiger partial charge in [0.05, 0.1) is 29.9 Å². The molecule has 0 radical (unpaired) electrons. The number of hydrogen-bond donors (Lipinski definition) is 2. The molecule has 2 atom stereocenters. The number of nitrogens with zero attached hydrogens (tertiary/aromatic N) is 2. The number of cyclic esters (lactones) is 1. The second-order valence-corrected chi connectivity index (χ2v) is 5.65. The van der Waals surface area contributed by atoms with E-state index in [0.717, 1.165) is 0 Å². The van der Waals surface area contributed by atoms with E-state index in [1.807, 2.05) is 0 Å². The number of carbonyl (C=O) groups excluding carboxylic acids is 2. The van der Waals surface area contributed by atoms with Crippen LogP contribution in [0.1, 0.15) is 18.4 Å². The molecule has 2 aromatic rings. The Hall–Kier alpha value is -3.20. The molecule has 0 spiro atoms. The smallest absolute Gasteiger partial charge is 0.339 e. The summed E-state index contributed by atoms with van der Waals surface area (Å²) in [6, 6.07) is 5.12. The Bertz CT molecular complexity index is 973. The number of rotatable bonds is 2. The van der Waals surface area contributed by atoms with Gasteiger partial charge in [-0.05, 0) is 28.9 Å². The van der Waals surface area contributed by atoms with Crippen LogP contribution in [0, 0.1) is 0 Å². The lowest BCUT2D eigenvalue weighted by Gasteiger charge is -2.27. The van der Waals surface area contributed by atoms with Crippen LogP contribution in [0.15, 0.2) is 45.4 Å². The molecule has 0 bridgehead atoms. The number of esters is 2. The van der Waals surface area contributed by atoms with Crippen LogP contribution in [0.3, 0.4) is 0 Å². The van der Waals surface area contributed by atoms with Gasteiger partial charge in [-0.2, -0.15) is 0 Å². The average molecular weight is 343 g/mol. The van der Waals surface area contributed by atoms with Crippen molar-refractivity contribution in [3.63, 3.8) is 0 Å². The van der Waals surface area contributed by atoms with E-state index in [4.69, 9.17) is 14.1 Å². The molecule has 9 nitrogen and oxygen atoms in total. The van der Waals surface area contributed by atoms with Gasteiger partial charge >= 0.3 is 11.9 Å².